The molecule has 2 aromatic rings. The van der Waals surface area contributed by atoms with Crippen molar-refractivity contribution in [2.24, 2.45) is 5.73 Å². The van der Waals surface area contributed by atoms with Crippen molar-refractivity contribution in [3.05, 3.63) is 59.2 Å². The lowest BCUT2D eigenvalue weighted by Gasteiger charge is -2.16. The number of nitrogens with one attached hydrogen (secondary N) is 1. The maximum absolute atomic E-state index is 10.9. The zero-order valence-corrected chi connectivity index (χ0v) is 11.7. The van der Waals surface area contributed by atoms with Gasteiger partial charge < -0.3 is 16.2 Å². The Hall–Kier alpha value is -2.49. The van der Waals surface area contributed by atoms with E-state index in [1.807, 2.05) is 36.4 Å². The average Bonchev–Trinajstić information content (AvgIpc) is 2.83. The minimum atomic E-state index is -0.319. The minimum absolute atomic E-state index is 0.266. The largest absolute Gasteiger partial charge is 0.508 e. The van der Waals surface area contributed by atoms with E-state index in [1.54, 1.807) is 6.07 Å². The first-order valence-corrected chi connectivity index (χ1v) is 7.07. The topological polar surface area (TPSA) is 75.4 Å². The molecule has 21 heavy (non-hydrogen) atoms. The summed E-state index contributed by atoms with van der Waals surface area (Å²) in [6.07, 6.45) is 2.26. The van der Waals surface area contributed by atoms with Crippen LogP contribution in [0, 0.1) is 0 Å². The second-order valence-corrected chi connectivity index (χ2v) is 5.46. The van der Waals surface area contributed by atoms with Crippen molar-refractivity contribution in [2.75, 3.05) is 5.32 Å². The van der Waals surface area contributed by atoms with Gasteiger partial charge in [-0.15, -0.1) is 0 Å². The fourth-order valence-electron chi connectivity index (χ4n) is 2.88. The summed E-state index contributed by atoms with van der Waals surface area (Å²) in [4.78, 5) is 10.9. The van der Waals surface area contributed by atoms with Gasteiger partial charge in [-0.2, -0.15) is 0 Å². The summed E-state index contributed by atoms with van der Waals surface area (Å²) in [5, 5.41) is 13.0. The summed E-state index contributed by atoms with van der Waals surface area (Å²) in [6.45, 7) is 0. The second kappa shape index (κ2) is 5.48. The Kier molecular flexibility index (Phi) is 3.52. The number of phenols is 1. The van der Waals surface area contributed by atoms with Crippen LogP contribution in [-0.4, -0.2) is 11.0 Å². The molecule has 1 aliphatic carbocycles. The molecule has 3 rings (SSSR count). The minimum Gasteiger partial charge on any atom is -0.508 e. The Balaban J connectivity index is 1.72. The lowest BCUT2D eigenvalue weighted by Crippen LogP contribution is -2.13. The quantitative estimate of drug-likeness (QED) is 0.806. The van der Waals surface area contributed by atoms with Gasteiger partial charge in [-0.05, 0) is 53.8 Å². The first kappa shape index (κ1) is 13.5. The predicted octanol–water partition coefficient (Wildman–Crippen LogP) is 2.52. The van der Waals surface area contributed by atoms with E-state index < -0.39 is 0 Å². The molecule has 0 fully saturated rings. The molecular weight excluding hydrogens is 264 g/mol. The number of aromatic hydroxyl groups is 1. The van der Waals surface area contributed by atoms with Gasteiger partial charge in [0.15, 0.2) is 0 Å². The number of hydrogen-bond donors (Lipinski definition) is 3. The standard InChI is InChI=1S/C17H18N2O2/c18-17(21)9-11-1-4-13(5-2-11)19-16-8-3-12-10-14(20)6-7-15(12)16/h1-2,4-7,10,16,19-20H,3,8-9H2,(H2,18,21). The number of primary amides is 1. The summed E-state index contributed by atoms with van der Waals surface area (Å²) in [6, 6.07) is 13.6. The van der Waals surface area contributed by atoms with Crippen molar-refractivity contribution in [2.45, 2.75) is 25.3 Å². The molecule has 1 amide bonds. The molecule has 4 nitrogen and oxygen atoms in total. The molecule has 0 saturated heterocycles. The van der Waals surface area contributed by atoms with Crippen LogP contribution >= 0.6 is 0 Å². The van der Waals surface area contributed by atoms with E-state index in [4.69, 9.17) is 5.73 Å². The number of rotatable bonds is 4. The number of fused-ring (bicyclic) bond motifs is 1. The van der Waals surface area contributed by atoms with Crippen molar-refractivity contribution in [1.29, 1.82) is 0 Å². The monoisotopic (exact) mass is 282 g/mol. The molecule has 4 heteroatoms. The van der Waals surface area contributed by atoms with Gasteiger partial charge in [-0.3, -0.25) is 4.79 Å². The molecule has 0 saturated carbocycles. The smallest absolute Gasteiger partial charge is 0.221 e. The third-order valence-electron chi connectivity index (χ3n) is 3.88. The molecule has 1 unspecified atom stereocenters. The Labute approximate surface area is 123 Å². The highest BCUT2D eigenvalue weighted by atomic mass is 16.3. The van der Waals surface area contributed by atoms with Crippen LogP contribution < -0.4 is 11.1 Å². The van der Waals surface area contributed by atoms with E-state index in [0.29, 0.717) is 5.75 Å². The van der Waals surface area contributed by atoms with Crippen LogP contribution in [0.2, 0.25) is 0 Å². The highest BCUT2D eigenvalue weighted by Crippen LogP contribution is 2.35. The van der Waals surface area contributed by atoms with E-state index in [0.717, 1.165) is 24.1 Å². The number of nitrogens with two attached hydrogens (primary N) is 1. The number of benzene rings is 2. The van der Waals surface area contributed by atoms with E-state index in [1.165, 1.54) is 11.1 Å². The molecule has 108 valence electrons. The zero-order chi connectivity index (χ0) is 14.8. The van der Waals surface area contributed by atoms with Crippen LogP contribution in [0.4, 0.5) is 5.69 Å². The molecule has 4 N–H and O–H groups in total. The van der Waals surface area contributed by atoms with Crippen LogP contribution in [0.1, 0.15) is 29.2 Å². The molecule has 1 aliphatic rings. The molecular formula is C17H18N2O2. The summed E-state index contributed by atoms with van der Waals surface area (Å²) in [5.74, 6) is 0.00504. The summed E-state index contributed by atoms with van der Waals surface area (Å²) >= 11 is 0. The number of carbonyl (C=O) groups excluding carboxylic acids is 1. The van der Waals surface area contributed by atoms with Gasteiger partial charge in [-0.25, -0.2) is 0 Å². The van der Waals surface area contributed by atoms with Gasteiger partial charge in [0.05, 0.1) is 12.5 Å². The van der Waals surface area contributed by atoms with Crippen molar-refractivity contribution < 1.29 is 9.90 Å². The first-order chi connectivity index (χ1) is 10.1. The molecule has 0 aliphatic heterocycles. The van der Waals surface area contributed by atoms with E-state index in [-0.39, 0.29) is 18.4 Å². The van der Waals surface area contributed by atoms with Gasteiger partial charge in [-0.1, -0.05) is 18.2 Å². The third kappa shape index (κ3) is 2.99. The highest BCUT2D eigenvalue weighted by molar-refractivity contribution is 5.76. The summed E-state index contributed by atoms with van der Waals surface area (Å²) in [7, 11) is 0. The van der Waals surface area contributed by atoms with Crippen LogP contribution in [0.25, 0.3) is 0 Å². The molecule has 0 radical (unpaired) electrons. The fraction of sp³-hybridized carbons (Fsp3) is 0.235. The summed E-state index contributed by atoms with van der Waals surface area (Å²) in [5.41, 5.74) is 9.58. The molecule has 0 spiro atoms. The number of anilines is 1. The van der Waals surface area contributed by atoms with Gasteiger partial charge in [0.1, 0.15) is 5.75 Å². The number of phenolic OH excluding ortho intramolecular Hbond substituents is 1. The zero-order valence-electron chi connectivity index (χ0n) is 11.7. The lowest BCUT2D eigenvalue weighted by molar-refractivity contribution is -0.117. The van der Waals surface area contributed by atoms with Crippen molar-refractivity contribution in [1.82, 2.24) is 0 Å². The molecule has 0 bridgehead atoms. The number of amides is 1. The van der Waals surface area contributed by atoms with E-state index >= 15 is 0 Å². The van der Waals surface area contributed by atoms with Crippen molar-refractivity contribution in [3.63, 3.8) is 0 Å². The number of carbonyl (C=O) groups is 1. The highest BCUT2D eigenvalue weighted by Gasteiger charge is 2.22. The fourth-order valence-corrected chi connectivity index (χ4v) is 2.88. The Bertz CT molecular complexity index is 665. The summed E-state index contributed by atoms with van der Waals surface area (Å²) < 4.78 is 0. The van der Waals surface area contributed by atoms with Crippen LogP contribution in [0.15, 0.2) is 42.5 Å². The maximum atomic E-state index is 10.9. The first-order valence-electron chi connectivity index (χ1n) is 7.07. The van der Waals surface area contributed by atoms with Crippen molar-refractivity contribution in [3.8, 4) is 5.75 Å². The third-order valence-corrected chi connectivity index (χ3v) is 3.88. The van der Waals surface area contributed by atoms with Gasteiger partial charge >= 0.3 is 0 Å². The van der Waals surface area contributed by atoms with Gasteiger partial charge in [0.2, 0.25) is 5.91 Å². The second-order valence-electron chi connectivity index (χ2n) is 5.46. The average molecular weight is 282 g/mol. The maximum Gasteiger partial charge on any atom is 0.221 e. The van der Waals surface area contributed by atoms with Crippen LogP contribution in [0.3, 0.4) is 0 Å². The number of aryl methyl sites for hydroxylation is 1. The normalized spacial score (nSPS) is 16.5. The molecule has 0 aromatic heterocycles. The predicted molar refractivity (Wildman–Crippen MR) is 82.1 cm³/mol. The molecule has 0 heterocycles. The van der Waals surface area contributed by atoms with Crippen molar-refractivity contribution >= 4 is 11.6 Å². The number of hydrogen-bond acceptors (Lipinski definition) is 3. The van der Waals surface area contributed by atoms with Gasteiger partial charge in [0, 0.05) is 5.69 Å². The molecule has 2 aromatic carbocycles. The van der Waals surface area contributed by atoms with E-state index in [9.17, 15) is 9.90 Å². The Morgan fingerprint density at radius 3 is 2.71 bits per heavy atom. The van der Waals surface area contributed by atoms with Gasteiger partial charge in [0.25, 0.3) is 0 Å². The lowest BCUT2D eigenvalue weighted by atomic mass is 10.1. The SMILES string of the molecule is NC(=O)Cc1ccc(NC2CCc3cc(O)ccc32)cc1. The Morgan fingerprint density at radius 1 is 1.24 bits per heavy atom. The van der Waals surface area contributed by atoms with E-state index in [2.05, 4.69) is 5.32 Å². The Morgan fingerprint density at radius 2 is 2.00 bits per heavy atom. The van der Waals surface area contributed by atoms with Crippen LogP contribution in [0.5, 0.6) is 5.75 Å². The van der Waals surface area contributed by atoms with Crippen LogP contribution in [-0.2, 0) is 17.6 Å². The molecule has 1 atom stereocenters.